The molecule has 0 bridgehead atoms. The van der Waals surface area contributed by atoms with E-state index in [1.807, 2.05) is 24.3 Å². The molecule has 0 N–H and O–H groups in total. The zero-order valence-electron chi connectivity index (χ0n) is 10.4. The fraction of sp³-hybridized carbons (Fsp3) is 0. The standard InChI is InChI=1S/C15H9ClN4/c16-15-17-8-11-9-18-20(14(11)19-15)13-7-3-5-10-4-1-2-6-12(10)13/h1-9H. The summed E-state index contributed by atoms with van der Waals surface area (Å²) in [5.41, 5.74) is 1.69. The van der Waals surface area contributed by atoms with Gasteiger partial charge in [-0.15, -0.1) is 0 Å². The summed E-state index contributed by atoms with van der Waals surface area (Å²) in [6, 6.07) is 14.3. The Morgan fingerprint density at radius 1 is 0.900 bits per heavy atom. The van der Waals surface area contributed by atoms with Crippen LogP contribution < -0.4 is 0 Å². The Hall–Kier alpha value is -2.46. The monoisotopic (exact) mass is 280 g/mol. The molecule has 0 unspecified atom stereocenters. The Kier molecular flexibility index (Phi) is 2.44. The van der Waals surface area contributed by atoms with Crippen molar-refractivity contribution in [1.29, 1.82) is 0 Å². The van der Waals surface area contributed by atoms with Gasteiger partial charge < -0.3 is 0 Å². The van der Waals surface area contributed by atoms with E-state index in [4.69, 9.17) is 11.6 Å². The molecule has 2 aromatic heterocycles. The molecule has 0 saturated carbocycles. The van der Waals surface area contributed by atoms with Crippen LogP contribution >= 0.6 is 11.6 Å². The third-order valence-corrected chi connectivity index (χ3v) is 3.46. The molecule has 4 rings (SSSR count). The number of hydrogen-bond donors (Lipinski definition) is 0. The van der Waals surface area contributed by atoms with Crippen molar-refractivity contribution in [3.63, 3.8) is 0 Å². The van der Waals surface area contributed by atoms with Crippen LogP contribution in [-0.4, -0.2) is 19.7 Å². The van der Waals surface area contributed by atoms with Crippen LogP contribution in [0.3, 0.4) is 0 Å². The zero-order valence-corrected chi connectivity index (χ0v) is 11.1. The van der Waals surface area contributed by atoms with Gasteiger partial charge in [0.1, 0.15) is 0 Å². The summed E-state index contributed by atoms with van der Waals surface area (Å²) in [5.74, 6) is 0. The van der Waals surface area contributed by atoms with Crippen LogP contribution in [0.15, 0.2) is 54.9 Å². The number of rotatable bonds is 1. The molecule has 0 amide bonds. The molecule has 4 nitrogen and oxygen atoms in total. The second-order valence-corrected chi connectivity index (χ2v) is 4.81. The van der Waals surface area contributed by atoms with E-state index in [1.165, 1.54) is 0 Å². The third-order valence-electron chi connectivity index (χ3n) is 3.27. The summed E-state index contributed by atoms with van der Waals surface area (Å²) >= 11 is 5.89. The van der Waals surface area contributed by atoms with Gasteiger partial charge in [-0.05, 0) is 23.1 Å². The normalized spacial score (nSPS) is 11.2. The Morgan fingerprint density at radius 2 is 1.75 bits per heavy atom. The minimum absolute atomic E-state index is 0.222. The zero-order chi connectivity index (χ0) is 13.5. The highest BCUT2D eigenvalue weighted by molar-refractivity contribution is 6.28. The molecule has 0 radical (unpaired) electrons. The summed E-state index contributed by atoms with van der Waals surface area (Å²) in [6.07, 6.45) is 3.42. The minimum atomic E-state index is 0.222. The summed E-state index contributed by atoms with van der Waals surface area (Å²) in [6.45, 7) is 0. The van der Waals surface area contributed by atoms with Crippen molar-refractivity contribution >= 4 is 33.4 Å². The van der Waals surface area contributed by atoms with Crippen LogP contribution in [0.2, 0.25) is 5.28 Å². The van der Waals surface area contributed by atoms with E-state index in [1.54, 1.807) is 17.1 Å². The van der Waals surface area contributed by atoms with Crippen LogP contribution in [-0.2, 0) is 0 Å². The lowest BCUT2D eigenvalue weighted by atomic mass is 10.1. The van der Waals surface area contributed by atoms with E-state index in [2.05, 4.69) is 33.3 Å². The average Bonchev–Trinajstić information content (AvgIpc) is 2.89. The molecule has 2 heterocycles. The molecule has 0 aliphatic rings. The molecular formula is C15H9ClN4. The van der Waals surface area contributed by atoms with Crippen LogP contribution in [0, 0.1) is 0 Å². The van der Waals surface area contributed by atoms with Gasteiger partial charge in [0.25, 0.3) is 0 Å². The maximum atomic E-state index is 5.89. The molecular weight excluding hydrogens is 272 g/mol. The first-order valence-electron chi connectivity index (χ1n) is 6.17. The van der Waals surface area contributed by atoms with Crippen LogP contribution in [0.25, 0.3) is 27.5 Å². The fourth-order valence-corrected chi connectivity index (χ4v) is 2.49. The highest BCUT2D eigenvalue weighted by Crippen LogP contribution is 2.24. The smallest absolute Gasteiger partial charge is 0.224 e. The molecule has 2 aromatic carbocycles. The second-order valence-electron chi connectivity index (χ2n) is 4.47. The van der Waals surface area contributed by atoms with E-state index in [-0.39, 0.29) is 5.28 Å². The Bertz CT molecular complexity index is 924. The first kappa shape index (κ1) is 11.4. The molecule has 0 fully saturated rings. The van der Waals surface area contributed by atoms with Gasteiger partial charge in [-0.25, -0.2) is 9.67 Å². The summed E-state index contributed by atoms with van der Waals surface area (Å²) in [5, 5.41) is 7.78. The Balaban J connectivity index is 2.09. The molecule has 5 heteroatoms. The first-order chi connectivity index (χ1) is 9.83. The van der Waals surface area contributed by atoms with Gasteiger partial charge in [0.15, 0.2) is 5.65 Å². The second kappa shape index (κ2) is 4.28. The third kappa shape index (κ3) is 1.66. The Labute approximate surface area is 119 Å². The average molecular weight is 281 g/mol. The fourth-order valence-electron chi connectivity index (χ4n) is 2.37. The lowest BCUT2D eigenvalue weighted by molar-refractivity contribution is 0.902. The molecule has 0 spiro atoms. The van der Waals surface area contributed by atoms with Crippen molar-refractivity contribution in [3.05, 3.63) is 60.1 Å². The number of aromatic nitrogens is 4. The first-order valence-corrected chi connectivity index (χ1v) is 6.55. The largest absolute Gasteiger partial charge is 0.226 e. The highest BCUT2D eigenvalue weighted by Gasteiger charge is 2.10. The number of hydrogen-bond acceptors (Lipinski definition) is 3. The van der Waals surface area contributed by atoms with Gasteiger partial charge in [0, 0.05) is 11.6 Å². The number of halogens is 1. The van der Waals surface area contributed by atoms with E-state index < -0.39 is 0 Å². The quantitative estimate of drug-likeness (QED) is 0.500. The molecule has 96 valence electrons. The number of benzene rings is 2. The topological polar surface area (TPSA) is 43.6 Å². The van der Waals surface area contributed by atoms with E-state index in [0.29, 0.717) is 5.65 Å². The van der Waals surface area contributed by atoms with Crippen molar-refractivity contribution in [3.8, 4) is 5.69 Å². The van der Waals surface area contributed by atoms with Crippen molar-refractivity contribution in [2.75, 3.05) is 0 Å². The minimum Gasteiger partial charge on any atom is -0.226 e. The van der Waals surface area contributed by atoms with Crippen LogP contribution in [0.1, 0.15) is 0 Å². The predicted molar refractivity (Wildman–Crippen MR) is 79.2 cm³/mol. The summed E-state index contributed by atoms with van der Waals surface area (Å²) < 4.78 is 1.80. The molecule has 0 atom stereocenters. The Morgan fingerprint density at radius 3 is 2.70 bits per heavy atom. The summed E-state index contributed by atoms with van der Waals surface area (Å²) in [4.78, 5) is 8.25. The maximum Gasteiger partial charge on any atom is 0.224 e. The van der Waals surface area contributed by atoms with E-state index >= 15 is 0 Å². The molecule has 4 aromatic rings. The van der Waals surface area contributed by atoms with E-state index in [0.717, 1.165) is 21.8 Å². The lowest BCUT2D eigenvalue weighted by Crippen LogP contribution is -1.99. The SMILES string of the molecule is Clc1ncc2cnn(-c3cccc4ccccc34)c2n1. The van der Waals surface area contributed by atoms with Crippen molar-refractivity contribution in [1.82, 2.24) is 19.7 Å². The number of fused-ring (bicyclic) bond motifs is 2. The predicted octanol–water partition coefficient (Wildman–Crippen LogP) is 3.62. The highest BCUT2D eigenvalue weighted by atomic mass is 35.5. The molecule has 0 aliphatic carbocycles. The van der Waals surface area contributed by atoms with Crippen molar-refractivity contribution in [2.24, 2.45) is 0 Å². The summed E-state index contributed by atoms with van der Waals surface area (Å²) in [7, 11) is 0. The van der Waals surface area contributed by atoms with Gasteiger partial charge in [-0.3, -0.25) is 0 Å². The molecule has 0 aliphatic heterocycles. The maximum absolute atomic E-state index is 5.89. The van der Waals surface area contributed by atoms with Gasteiger partial charge in [-0.2, -0.15) is 10.1 Å². The number of nitrogens with zero attached hydrogens (tertiary/aromatic N) is 4. The van der Waals surface area contributed by atoms with Crippen LogP contribution in [0.4, 0.5) is 0 Å². The van der Waals surface area contributed by atoms with Crippen molar-refractivity contribution in [2.45, 2.75) is 0 Å². The van der Waals surface area contributed by atoms with E-state index in [9.17, 15) is 0 Å². The van der Waals surface area contributed by atoms with Crippen molar-refractivity contribution < 1.29 is 0 Å². The molecule has 0 saturated heterocycles. The van der Waals surface area contributed by atoms with Crippen LogP contribution in [0.5, 0.6) is 0 Å². The van der Waals surface area contributed by atoms with Gasteiger partial charge in [0.2, 0.25) is 5.28 Å². The van der Waals surface area contributed by atoms with Gasteiger partial charge >= 0.3 is 0 Å². The molecule has 20 heavy (non-hydrogen) atoms. The van der Waals surface area contributed by atoms with Gasteiger partial charge in [-0.1, -0.05) is 36.4 Å². The lowest BCUT2D eigenvalue weighted by Gasteiger charge is -2.07. The van der Waals surface area contributed by atoms with Gasteiger partial charge in [0.05, 0.1) is 17.3 Å².